The van der Waals surface area contributed by atoms with Gasteiger partial charge in [0.15, 0.2) is 0 Å². The van der Waals surface area contributed by atoms with E-state index in [4.69, 9.17) is 16.9 Å². The number of nitriles is 1. The molecule has 1 rings (SSSR count). The topological polar surface area (TPSA) is 82.9 Å². The van der Waals surface area contributed by atoms with E-state index in [-0.39, 0.29) is 16.6 Å². The van der Waals surface area contributed by atoms with Crippen LogP contribution in [0.3, 0.4) is 0 Å². The highest BCUT2D eigenvalue weighted by molar-refractivity contribution is 7.89. The summed E-state index contributed by atoms with van der Waals surface area (Å²) in [6, 6.07) is 4.42. The van der Waals surface area contributed by atoms with Gasteiger partial charge in [-0.1, -0.05) is 11.6 Å². The lowest BCUT2D eigenvalue weighted by molar-refractivity contribution is 0.585. The van der Waals surface area contributed by atoms with Crippen LogP contribution in [-0.2, 0) is 10.0 Å². The third kappa shape index (κ3) is 2.42. The molecule has 1 N–H and O–H groups in total. The highest BCUT2D eigenvalue weighted by atomic mass is 35.5. The SMILES string of the molecule is N#CCNS(=O)(=O)c1cccnc1Cl. The van der Waals surface area contributed by atoms with Crippen molar-refractivity contribution < 1.29 is 8.42 Å². The van der Waals surface area contributed by atoms with E-state index in [0.29, 0.717) is 0 Å². The van der Waals surface area contributed by atoms with Crippen LogP contribution in [0.5, 0.6) is 0 Å². The number of rotatable bonds is 3. The number of aromatic nitrogens is 1. The number of pyridine rings is 1. The van der Waals surface area contributed by atoms with Gasteiger partial charge in [-0.05, 0) is 12.1 Å². The molecule has 0 unspecified atom stereocenters. The molecule has 0 radical (unpaired) electrons. The molecular formula is C7H6ClN3O2S. The second kappa shape index (κ2) is 4.37. The van der Waals surface area contributed by atoms with Crippen LogP contribution in [0.4, 0.5) is 0 Å². The van der Waals surface area contributed by atoms with Crippen molar-refractivity contribution in [3.05, 3.63) is 23.5 Å². The number of nitrogens with zero attached hydrogens (tertiary/aromatic N) is 2. The number of sulfonamides is 1. The maximum absolute atomic E-state index is 11.4. The van der Waals surface area contributed by atoms with E-state index in [1.807, 2.05) is 0 Å². The average molecular weight is 232 g/mol. The predicted molar refractivity (Wildman–Crippen MR) is 50.0 cm³/mol. The summed E-state index contributed by atoms with van der Waals surface area (Å²) in [5.41, 5.74) is 0. The van der Waals surface area contributed by atoms with Crippen LogP contribution in [0, 0.1) is 11.3 Å². The molecule has 0 atom stereocenters. The molecule has 0 bridgehead atoms. The zero-order valence-corrected chi connectivity index (χ0v) is 8.51. The first-order chi connectivity index (χ1) is 6.58. The van der Waals surface area contributed by atoms with Gasteiger partial charge in [-0.15, -0.1) is 0 Å². The van der Waals surface area contributed by atoms with E-state index >= 15 is 0 Å². The minimum atomic E-state index is -3.72. The summed E-state index contributed by atoms with van der Waals surface area (Å²) in [5, 5.41) is 8.11. The first kappa shape index (κ1) is 10.9. The minimum Gasteiger partial charge on any atom is -0.243 e. The fourth-order valence-electron chi connectivity index (χ4n) is 0.777. The Morgan fingerprint density at radius 2 is 2.36 bits per heavy atom. The largest absolute Gasteiger partial charge is 0.244 e. The lowest BCUT2D eigenvalue weighted by atomic mass is 10.5. The Hall–Kier alpha value is -1.16. The molecule has 0 saturated heterocycles. The van der Waals surface area contributed by atoms with Gasteiger partial charge in [0.05, 0.1) is 12.6 Å². The zero-order chi connectivity index (χ0) is 10.6. The molecule has 14 heavy (non-hydrogen) atoms. The van der Waals surface area contributed by atoms with Crippen LogP contribution in [0.2, 0.25) is 5.15 Å². The Morgan fingerprint density at radius 1 is 1.64 bits per heavy atom. The van der Waals surface area contributed by atoms with Crippen molar-refractivity contribution in [2.24, 2.45) is 0 Å². The predicted octanol–water partition coefficient (Wildman–Crippen LogP) is 0.537. The second-order valence-corrected chi connectivity index (χ2v) is 4.37. The molecule has 1 heterocycles. The van der Waals surface area contributed by atoms with Crippen molar-refractivity contribution in [1.29, 1.82) is 5.26 Å². The van der Waals surface area contributed by atoms with Crippen molar-refractivity contribution in [2.75, 3.05) is 6.54 Å². The van der Waals surface area contributed by atoms with Gasteiger partial charge in [0.2, 0.25) is 10.0 Å². The normalized spacial score (nSPS) is 10.9. The molecule has 74 valence electrons. The standard InChI is InChI=1S/C7H6ClN3O2S/c8-7-6(2-1-4-10-7)14(12,13)11-5-3-9/h1-2,4,11H,5H2. The first-order valence-electron chi connectivity index (χ1n) is 3.55. The minimum absolute atomic E-state index is 0.113. The van der Waals surface area contributed by atoms with Crippen molar-refractivity contribution in [2.45, 2.75) is 4.90 Å². The third-order valence-corrected chi connectivity index (χ3v) is 3.20. The summed E-state index contributed by atoms with van der Waals surface area (Å²) in [4.78, 5) is 3.49. The molecule has 0 amide bonds. The van der Waals surface area contributed by atoms with Gasteiger partial charge in [0.1, 0.15) is 10.0 Å². The van der Waals surface area contributed by atoms with E-state index in [1.165, 1.54) is 18.3 Å². The molecule has 7 heteroatoms. The molecule has 1 aromatic heterocycles. The van der Waals surface area contributed by atoms with Gasteiger partial charge in [-0.2, -0.15) is 9.98 Å². The number of hydrogen-bond acceptors (Lipinski definition) is 4. The van der Waals surface area contributed by atoms with Gasteiger partial charge in [-0.3, -0.25) is 0 Å². The fourth-order valence-corrected chi connectivity index (χ4v) is 2.14. The third-order valence-electron chi connectivity index (χ3n) is 1.36. The summed E-state index contributed by atoms with van der Waals surface area (Å²) < 4.78 is 24.9. The molecule has 0 aromatic carbocycles. The van der Waals surface area contributed by atoms with Crippen LogP contribution in [0.1, 0.15) is 0 Å². The number of halogens is 1. The summed E-state index contributed by atoms with van der Waals surface area (Å²) in [6.45, 7) is -0.298. The van der Waals surface area contributed by atoms with E-state index in [1.54, 1.807) is 6.07 Å². The summed E-state index contributed by atoms with van der Waals surface area (Å²) in [7, 11) is -3.72. The molecule has 5 nitrogen and oxygen atoms in total. The van der Waals surface area contributed by atoms with Crippen LogP contribution in [0.25, 0.3) is 0 Å². The van der Waals surface area contributed by atoms with Crippen LogP contribution in [-0.4, -0.2) is 19.9 Å². The highest BCUT2D eigenvalue weighted by Gasteiger charge is 2.17. The smallest absolute Gasteiger partial charge is 0.243 e. The lowest BCUT2D eigenvalue weighted by Gasteiger charge is -2.03. The van der Waals surface area contributed by atoms with Gasteiger partial charge in [0.25, 0.3) is 0 Å². The summed E-state index contributed by atoms with van der Waals surface area (Å²) >= 11 is 5.57. The molecule has 0 fully saturated rings. The van der Waals surface area contributed by atoms with E-state index in [9.17, 15) is 8.42 Å². The molecule has 0 aliphatic rings. The Bertz CT molecular complexity index is 466. The van der Waals surface area contributed by atoms with E-state index in [2.05, 4.69) is 9.71 Å². The Balaban J connectivity index is 3.06. The molecule has 0 saturated carbocycles. The van der Waals surface area contributed by atoms with Crippen LogP contribution < -0.4 is 4.72 Å². The Kier molecular flexibility index (Phi) is 3.41. The molecule has 0 spiro atoms. The van der Waals surface area contributed by atoms with Gasteiger partial charge in [0, 0.05) is 6.20 Å². The quantitative estimate of drug-likeness (QED) is 0.608. The lowest BCUT2D eigenvalue weighted by Crippen LogP contribution is -2.24. The average Bonchev–Trinajstić information content (AvgIpc) is 2.15. The molecular weight excluding hydrogens is 226 g/mol. The van der Waals surface area contributed by atoms with Gasteiger partial charge >= 0.3 is 0 Å². The van der Waals surface area contributed by atoms with Crippen molar-refractivity contribution in [1.82, 2.24) is 9.71 Å². The molecule has 0 aliphatic carbocycles. The summed E-state index contributed by atoms with van der Waals surface area (Å²) in [5.74, 6) is 0. The maximum atomic E-state index is 11.4. The fraction of sp³-hybridized carbons (Fsp3) is 0.143. The molecule has 1 aromatic rings. The monoisotopic (exact) mass is 231 g/mol. The second-order valence-electron chi connectivity index (χ2n) is 2.28. The first-order valence-corrected chi connectivity index (χ1v) is 5.41. The van der Waals surface area contributed by atoms with Crippen molar-refractivity contribution in [3.8, 4) is 6.07 Å². The maximum Gasteiger partial charge on any atom is 0.244 e. The van der Waals surface area contributed by atoms with E-state index < -0.39 is 10.0 Å². The van der Waals surface area contributed by atoms with Gasteiger partial charge < -0.3 is 0 Å². The highest BCUT2D eigenvalue weighted by Crippen LogP contribution is 2.16. The van der Waals surface area contributed by atoms with Crippen LogP contribution in [0.15, 0.2) is 23.2 Å². The Morgan fingerprint density at radius 3 is 2.93 bits per heavy atom. The van der Waals surface area contributed by atoms with Gasteiger partial charge in [-0.25, -0.2) is 13.4 Å². The van der Waals surface area contributed by atoms with Crippen molar-refractivity contribution in [3.63, 3.8) is 0 Å². The van der Waals surface area contributed by atoms with Crippen LogP contribution >= 0.6 is 11.6 Å². The number of hydrogen-bond donors (Lipinski definition) is 1. The summed E-state index contributed by atoms with van der Waals surface area (Å²) in [6.07, 6.45) is 1.38. The zero-order valence-electron chi connectivity index (χ0n) is 6.94. The number of nitrogens with one attached hydrogen (secondary N) is 1. The molecule has 0 aliphatic heterocycles. The Labute approximate surface area is 86.4 Å². The van der Waals surface area contributed by atoms with E-state index in [0.717, 1.165) is 0 Å². The van der Waals surface area contributed by atoms with Crippen molar-refractivity contribution >= 4 is 21.6 Å².